The molecule has 2 heterocycles. The number of rotatable bonds is 8. The van der Waals surface area contributed by atoms with E-state index in [1.54, 1.807) is 0 Å². The van der Waals surface area contributed by atoms with Crippen molar-refractivity contribution in [3.63, 3.8) is 0 Å². The van der Waals surface area contributed by atoms with Crippen LogP contribution in [0.1, 0.15) is 31.7 Å². The Labute approximate surface area is 142 Å². The third kappa shape index (κ3) is 4.26. The maximum Gasteiger partial charge on any atom is 0.417 e. The molecule has 1 aliphatic rings. The average Bonchev–Trinajstić information content (AvgIpc) is 2.88. The average molecular weight is 326 g/mol. The van der Waals surface area contributed by atoms with Gasteiger partial charge in [0.15, 0.2) is 5.58 Å². The third-order valence-electron chi connectivity index (χ3n) is 4.74. The van der Waals surface area contributed by atoms with Crippen molar-refractivity contribution in [1.29, 1.82) is 0 Å². The summed E-state index contributed by atoms with van der Waals surface area (Å²) in [4.78, 5) is 16.5. The summed E-state index contributed by atoms with van der Waals surface area (Å²) in [6, 6.07) is 5.99. The highest BCUT2D eigenvalue weighted by atomic mass is 16.4. The zero-order valence-corrected chi connectivity index (χ0v) is 14.4. The second kappa shape index (κ2) is 7.67. The molecule has 0 amide bonds. The van der Waals surface area contributed by atoms with Crippen LogP contribution in [0.25, 0.3) is 11.1 Å². The Kier molecular flexibility index (Phi) is 5.36. The van der Waals surface area contributed by atoms with Gasteiger partial charge in [0.1, 0.15) is 0 Å². The van der Waals surface area contributed by atoms with E-state index in [9.17, 15) is 4.79 Å². The van der Waals surface area contributed by atoms with Crippen molar-refractivity contribution in [3.05, 3.63) is 58.6 Å². The number of hydrogen-bond donors (Lipinski definition) is 1. The molecule has 3 rings (SSSR count). The number of allylic oxidation sites excluding steroid dienone is 3. The molecule has 2 aromatic rings. The minimum atomic E-state index is -0.379. The minimum absolute atomic E-state index is 0.379. The maximum atomic E-state index is 11.2. The number of unbranched alkanes of at least 4 members (excludes halogenated alkanes) is 1. The number of hydrogen-bond acceptors (Lipinski definition) is 3. The summed E-state index contributed by atoms with van der Waals surface area (Å²) < 4.78 is 5.04. The second-order valence-corrected chi connectivity index (χ2v) is 6.88. The van der Waals surface area contributed by atoms with E-state index < -0.39 is 0 Å². The van der Waals surface area contributed by atoms with Crippen LogP contribution in [-0.2, 0) is 6.42 Å². The molecule has 1 aromatic heterocycles. The largest absolute Gasteiger partial charge is 0.417 e. The quantitative estimate of drug-likeness (QED) is 0.591. The summed E-state index contributed by atoms with van der Waals surface area (Å²) in [5.41, 5.74) is 4.13. The molecule has 24 heavy (non-hydrogen) atoms. The van der Waals surface area contributed by atoms with Crippen LogP contribution >= 0.6 is 0 Å². The van der Waals surface area contributed by atoms with Crippen LogP contribution in [0.5, 0.6) is 0 Å². The minimum Gasteiger partial charge on any atom is -0.408 e. The van der Waals surface area contributed by atoms with Crippen LogP contribution in [0.15, 0.2) is 51.7 Å². The number of nitrogens with one attached hydrogen (secondary N) is 1. The fourth-order valence-corrected chi connectivity index (χ4v) is 3.47. The number of oxazole rings is 1. The van der Waals surface area contributed by atoms with Crippen LogP contribution < -0.4 is 5.76 Å². The number of aromatic nitrogens is 1. The van der Waals surface area contributed by atoms with Crippen molar-refractivity contribution in [2.45, 2.75) is 32.6 Å². The lowest BCUT2D eigenvalue weighted by atomic mass is 9.91. The standard InChI is InChI=1S/C20H26N2O2/c1-3-6-15(2)7-4-5-10-22-13-17(14-22)11-16-8-9-19-18(12-16)21-20(23)24-19/h3,6,8-9,12,17H,1,4-5,7,10-11,13-14H2,2H3,(H,21,23)/b15-6+. The van der Waals surface area contributed by atoms with E-state index in [1.165, 1.54) is 50.0 Å². The Morgan fingerprint density at radius 3 is 3.04 bits per heavy atom. The van der Waals surface area contributed by atoms with Gasteiger partial charge >= 0.3 is 5.76 Å². The first-order valence-electron chi connectivity index (χ1n) is 8.76. The molecule has 1 fully saturated rings. The predicted molar refractivity (Wildman–Crippen MR) is 98.3 cm³/mol. The van der Waals surface area contributed by atoms with Crippen LogP contribution in [0, 0.1) is 5.92 Å². The number of fused-ring (bicyclic) bond motifs is 1. The summed E-state index contributed by atoms with van der Waals surface area (Å²) in [7, 11) is 0. The van der Waals surface area contributed by atoms with Gasteiger partial charge in [0, 0.05) is 13.1 Å². The van der Waals surface area contributed by atoms with Gasteiger partial charge in [-0.1, -0.05) is 30.4 Å². The summed E-state index contributed by atoms with van der Waals surface area (Å²) in [5, 5.41) is 0. The number of nitrogens with zero attached hydrogens (tertiary/aromatic N) is 1. The van der Waals surface area contributed by atoms with Gasteiger partial charge in [-0.15, -0.1) is 0 Å². The van der Waals surface area contributed by atoms with Gasteiger partial charge in [-0.2, -0.15) is 0 Å². The van der Waals surface area contributed by atoms with E-state index in [0.29, 0.717) is 5.58 Å². The zero-order chi connectivity index (χ0) is 16.9. The number of H-pyrrole nitrogens is 1. The van der Waals surface area contributed by atoms with E-state index >= 15 is 0 Å². The van der Waals surface area contributed by atoms with Crippen molar-refractivity contribution in [2.24, 2.45) is 5.92 Å². The highest BCUT2D eigenvalue weighted by Gasteiger charge is 2.26. The molecule has 0 unspecified atom stereocenters. The molecule has 1 saturated heterocycles. The van der Waals surface area contributed by atoms with Crippen LogP contribution in [-0.4, -0.2) is 29.5 Å². The molecule has 1 N–H and O–H groups in total. The van der Waals surface area contributed by atoms with E-state index in [-0.39, 0.29) is 5.76 Å². The second-order valence-electron chi connectivity index (χ2n) is 6.88. The summed E-state index contributed by atoms with van der Waals surface area (Å²) in [6.07, 6.45) is 8.72. The summed E-state index contributed by atoms with van der Waals surface area (Å²) >= 11 is 0. The topological polar surface area (TPSA) is 49.2 Å². The molecule has 4 nitrogen and oxygen atoms in total. The summed E-state index contributed by atoms with van der Waals surface area (Å²) in [6.45, 7) is 9.47. The van der Waals surface area contributed by atoms with Crippen LogP contribution in [0.2, 0.25) is 0 Å². The number of benzene rings is 1. The fraction of sp³-hybridized carbons (Fsp3) is 0.450. The molecule has 0 bridgehead atoms. The molecule has 0 spiro atoms. The van der Waals surface area contributed by atoms with Gasteiger partial charge in [0.25, 0.3) is 0 Å². The normalized spacial score (nSPS) is 16.5. The van der Waals surface area contributed by atoms with Gasteiger partial charge in [-0.25, -0.2) is 4.79 Å². The molecule has 0 saturated carbocycles. The predicted octanol–water partition coefficient (Wildman–Crippen LogP) is 3.90. The fourth-order valence-electron chi connectivity index (χ4n) is 3.47. The van der Waals surface area contributed by atoms with E-state index in [1.807, 2.05) is 18.2 Å². The smallest absolute Gasteiger partial charge is 0.408 e. The zero-order valence-electron chi connectivity index (χ0n) is 14.4. The first-order chi connectivity index (χ1) is 11.6. The number of aromatic amines is 1. The first-order valence-corrected chi connectivity index (χ1v) is 8.76. The van der Waals surface area contributed by atoms with Crippen molar-refractivity contribution >= 4 is 11.1 Å². The Bertz CT molecular complexity index is 778. The lowest BCUT2D eigenvalue weighted by Gasteiger charge is -2.39. The molecule has 128 valence electrons. The number of likely N-dealkylation sites (tertiary alicyclic amines) is 1. The molecular weight excluding hydrogens is 300 g/mol. The lowest BCUT2D eigenvalue weighted by molar-refractivity contribution is 0.0987. The van der Waals surface area contributed by atoms with Crippen molar-refractivity contribution in [3.8, 4) is 0 Å². The van der Waals surface area contributed by atoms with Crippen molar-refractivity contribution < 1.29 is 4.42 Å². The highest BCUT2D eigenvalue weighted by molar-refractivity contribution is 5.72. The van der Waals surface area contributed by atoms with Gasteiger partial charge in [-0.05, 0) is 62.8 Å². The third-order valence-corrected chi connectivity index (χ3v) is 4.74. The first kappa shape index (κ1) is 16.8. The SMILES string of the molecule is C=C/C=C(\C)CCCCN1CC(Cc2ccc3oc(=O)[nH]c3c2)C1. The Hall–Kier alpha value is -2.07. The van der Waals surface area contributed by atoms with E-state index in [4.69, 9.17) is 4.42 Å². The van der Waals surface area contributed by atoms with Gasteiger partial charge in [-0.3, -0.25) is 4.98 Å². The molecule has 0 radical (unpaired) electrons. The Balaban J connectivity index is 1.38. The van der Waals surface area contributed by atoms with Crippen LogP contribution in [0.3, 0.4) is 0 Å². The van der Waals surface area contributed by atoms with Gasteiger partial charge in [0.2, 0.25) is 0 Å². The van der Waals surface area contributed by atoms with E-state index in [0.717, 1.165) is 17.9 Å². The Morgan fingerprint density at radius 2 is 2.25 bits per heavy atom. The molecule has 0 aliphatic carbocycles. The lowest BCUT2D eigenvalue weighted by Crippen LogP contribution is -2.47. The molecule has 1 aliphatic heterocycles. The van der Waals surface area contributed by atoms with Gasteiger partial charge in [0.05, 0.1) is 5.52 Å². The van der Waals surface area contributed by atoms with Gasteiger partial charge < -0.3 is 9.32 Å². The van der Waals surface area contributed by atoms with Crippen molar-refractivity contribution in [2.75, 3.05) is 19.6 Å². The summed E-state index contributed by atoms with van der Waals surface area (Å²) in [5.74, 6) is 0.346. The monoisotopic (exact) mass is 326 g/mol. The Morgan fingerprint density at radius 1 is 1.42 bits per heavy atom. The van der Waals surface area contributed by atoms with Crippen molar-refractivity contribution in [1.82, 2.24) is 9.88 Å². The molecule has 0 atom stereocenters. The highest BCUT2D eigenvalue weighted by Crippen LogP contribution is 2.23. The van der Waals surface area contributed by atoms with Crippen LogP contribution in [0.4, 0.5) is 0 Å². The molecule has 1 aromatic carbocycles. The molecular formula is C20H26N2O2. The maximum absolute atomic E-state index is 11.2. The molecule has 4 heteroatoms. The van der Waals surface area contributed by atoms with E-state index in [2.05, 4.69) is 35.5 Å².